The van der Waals surface area contributed by atoms with Crippen molar-refractivity contribution < 1.29 is 9.18 Å². The van der Waals surface area contributed by atoms with E-state index in [0.717, 1.165) is 5.56 Å². The lowest BCUT2D eigenvalue weighted by molar-refractivity contribution is 0.101. The van der Waals surface area contributed by atoms with Gasteiger partial charge < -0.3 is 0 Å². The van der Waals surface area contributed by atoms with E-state index in [2.05, 4.69) is 20.5 Å². The van der Waals surface area contributed by atoms with Gasteiger partial charge in [0, 0.05) is 12.7 Å². The third kappa shape index (κ3) is 3.42. The van der Waals surface area contributed by atoms with Gasteiger partial charge in [0.05, 0.1) is 6.54 Å². The van der Waals surface area contributed by atoms with Gasteiger partial charge in [0.25, 0.3) is 5.91 Å². The molecule has 0 atom stereocenters. The molecule has 8 heteroatoms. The van der Waals surface area contributed by atoms with Crippen LogP contribution in [0.25, 0.3) is 0 Å². The highest BCUT2D eigenvalue weighted by Gasteiger charge is 2.13. The average molecular weight is 314 g/mol. The van der Waals surface area contributed by atoms with E-state index in [4.69, 9.17) is 0 Å². The number of nitrogens with zero attached hydrogens (tertiary/aromatic N) is 5. The predicted molar refractivity (Wildman–Crippen MR) is 81.4 cm³/mol. The third-order valence-corrected chi connectivity index (χ3v) is 3.24. The van der Waals surface area contributed by atoms with Gasteiger partial charge in [-0.25, -0.2) is 14.1 Å². The quantitative estimate of drug-likeness (QED) is 0.780. The molecule has 1 amide bonds. The molecule has 0 aliphatic heterocycles. The van der Waals surface area contributed by atoms with Crippen LogP contribution in [0.5, 0.6) is 0 Å². The van der Waals surface area contributed by atoms with Crippen molar-refractivity contribution in [2.24, 2.45) is 0 Å². The maximum absolute atomic E-state index is 13.2. The van der Waals surface area contributed by atoms with Gasteiger partial charge in [-0.15, -0.1) is 5.10 Å². The predicted octanol–water partition coefficient (Wildman–Crippen LogP) is 1.93. The molecule has 3 aromatic rings. The maximum atomic E-state index is 13.2. The van der Waals surface area contributed by atoms with Gasteiger partial charge in [-0.05, 0) is 30.7 Å². The number of carbonyl (C=O) groups excluding carboxylic acids is 1. The minimum absolute atomic E-state index is 0.190. The Balaban J connectivity index is 1.69. The Morgan fingerprint density at radius 1 is 1.35 bits per heavy atom. The van der Waals surface area contributed by atoms with Crippen LogP contribution in [-0.2, 0) is 13.1 Å². The second-order valence-electron chi connectivity index (χ2n) is 4.88. The molecule has 0 unspecified atom stereocenters. The third-order valence-electron chi connectivity index (χ3n) is 3.24. The summed E-state index contributed by atoms with van der Waals surface area (Å²) in [5.41, 5.74) is 1.20. The van der Waals surface area contributed by atoms with E-state index in [1.165, 1.54) is 23.1 Å². The summed E-state index contributed by atoms with van der Waals surface area (Å²) in [5, 5.41) is 10.8. The average Bonchev–Trinajstić information content (AvgIpc) is 3.16. The molecule has 0 bridgehead atoms. The van der Waals surface area contributed by atoms with Crippen molar-refractivity contribution in [3.05, 3.63) is 59.9 Å². The molecule has 118 valence electrons. The van der Waals surface area contributed by atoms with Crippen molar-refractivity contribution in [1.82, 2.24) is 24.5 Å². The molecule has 2 heterocycles. The molecular weight excluding hydrogens is 299 g/mol. The van der Waals surface area contributed by atoms with Crippen LogP contribution in [0.15, 0.2) is 42.9 Å². The number of aryl methyl sites for hydroxylation is 1. The number of nitrogens with one attached hydrogen (secondary N) is 1. The van der Waals surface area contributed by atoms with Gasteiger partial charge >= 0.3 is 0 Å². The topological polar surface area (TPSA) is 77.6 Å². The van der Waals surface area contributed by atoms with Crippen molar-refractivity contribution in [2.45, 2.75) is 20.0 Å². The Hall–Kier alpha value is -3.03. The number of carbonyl (C=O) groups is 1. The van der Waals surface area contributed by atoms with Gasteiger partial charge in [-0.1, -0.05) is 12.1 Å². The van der Waals surface area contributed by atoms with Gasteiger partial charge in [-0.3, -0.25) is 14.8 Å². The normalized spacial score (nSPS) is 10.7. The molecule has 23 heavy (non-hydrogen) atoms. The van der Waals surface area contributed by atoms with Crippen LogP contribution in [0.2, 0.25) is 0 Å². The fourth-order valence-corrected chi connectivity index (χ4v) is 2.19. The number of hydrogen-bond acceptors (Lipinski definition) is 4. The van der Waals surface area contributed by atoms with Gasteiger partial charge in [0.1, 0.15) is 17.8 Å². The van der Waals surface area contributed by atoms with Crippen molar-refractivity contribution in [2.75, 3.05) is 5.32 Å². The lowest BCUT2D eigenvalue weighted by Crippen LogP contribution is -2.18. The Morgan fingerprint density at radius 2 is 2.22 bits per heavy atom. The fraction of sp³-hybridized carbons (Fsp3) is 0.200. The molecule has 2 aromatic heterocycles. The first-order valence-electron chi connectivity index (χ1n) is 7.13. The van der Waals surface area contributed by atoms with Gasteiger partial charge in [0.15, 0.2) is 0 Å². The van der Waals surface area contributed by atoms with E-state index in [9.17, 15) is 9.18 Å². The Labute approximate surface area is 131 Å². The number of benzene rings is 1. The van der Waals surface area contributed by atoms with Crippen LogP contribution in [0.3, 0.4) is 0 Å². The van der Waals surface area contributed by atoms with E-state index in [1.807, 2.05) is 6.92 Å². The second kappa shape index (κ2) is 6.39. The lowest BCUT2D eigenvalue weighted by atomic mass is 10.2. The number of hydrogen-bond donors (Lipinski definition) is 1. The van der Waals surface area contributed by atoms with E-state index in [-0.39, 0.29) is 17.7 Å². The molecule has 3 rings (SSSR count). The van der Waals surface area contributed by atoms with E-state index < -0.39 is 0 Å². The van der Waals surface area contributed by atoms with Gasteiger partial charge in [-0.2, -0.15) is 5.10 Å². The van der Waals surface area contributed by atoms with Crippen LogP contribution in [-0.4, -0.2) is 30.5 Å². The van der Waals surface area contributed by atoms with E-state index in [0.29, 0.717) is 18.8 Å². The zero-order chi connectivity index (χ0) is 16.2. The molecule has 0 spiro atoms. The zero-order valence-corrected chi connectivity index (χ0v) is 12.5. The van der Waals surface area contributed by atoms with Crippen molar-refractivity contribution in [1.29, 1.82) is 0 Å². The summed E-state index contributed by atoms with van der Waals surface area (Å²) >= 11 is 0. The largest absolute Gasteiger partial charge is 0.288 e. The fourth-order valence-electron chi connectivity index (χ4n) is 2.19. The summed E-state index contributed by atoms with van der Waals surface area (Å²) in [4.78, 5) is 16.2. The maximum Gasteiger partial charge on any atom is 0.276 e. The molecule has 1 N–H and O–H groups in total. The molecule has 1 aromatic carbocycles. The first-order valence-corrected chi connectivity index (χ1v) is 7.13. The molecular formula is C15H15FN6O. The molecule has 0 aliphatic rings. The lowest BCUT2D eigenvalue weighted by Gasteiger charge is -2.03. The highest BCUT2D eigenvalue weighted by molar-refractivity contribution is 6.01. The molecule has 0 radical (unpaired) electrons. The molecule has 0 aliphatic carbocycles. The summed E-state index contributed by atoms with van der Waals surface area (Å²) in [6.45, 7) is 2.86. The monoisotopic (exact) mass is 314 g/mol. The molecule has 0 saturated carbocycles. The second-order valence-corrected chi connectivity index (χ2v) is 4.88. The first-order chi connectivity index (χ1) is 11.2. The van der Waals surface area contributed by atoms with Gasteiger partial charge in [0.2, 0.25) is 5.95 Å². The minimum Gasteiger partial charge on any atom is -0.288 e. The van der Waals surface area contributed by atoms with E-state index >= 15 is 0 Å². The summed E-state index contributed by atoms with van der Waals surface area (Å²) < 4.78 is 16.3. The van der Waals surface area contributed by atoms with Crippen LogP contribution >= 0.6 is 0 Å². The number of anilines is 1. The summed E-state index contributed by atoms with van der Waals surface area (Å²) in [7, 11) is 0. The number of amides is 1. The molecule has 0 saturated heterocycles. The summed E-state index contributed by atoms with van der Waals surface area (Å²) in [6.07, 6.45) is 3.05. The Morgan fingerprint density at radius 3 is 3.00 bits per heavy atom. The first kappa shape index (κ1) is 14.9. The number of halogens is 1. The molecule has 7 nitrogen and oxygen atoms in total. The van der Waals surface area contributed by atoms with Crippen LogP contribution in [0, 0.1) is 5.82 Å². The van der Waals surface area contributed by atoms with Crippen LogP contribution < -0.4 is 5.32 Å². The van der Waals surface area contributed by atoms with E-state index in [1.54, 1.807) is 29.1 Å². The number of aromatic nitrogens is 5. The highest BCUT2D eigenvalue weighted by atomic mass is 19.1. The highest BCUT2D eigenvalue weighted by Crippen LogP contribution is 2.07. The standard InChI is InChI=1S/C15H15FN6O/c1-2-22-13(6-7-18-22)14(23)19-15-17-10-21(20-15)9-11-4-3-5-12(16)8-11/h3-8,10H,2,9H2,1H3,(H,19,20,23). The van der Waals surface area contributed by atoms with Crippen molar-refractivity contribution >= 4 is 11.9 Å². The van der Waals surface area contributed by atoms with Crippen molar-refractivity contribution in [3.8, 4) is 0 Å². The number of rotatable bonds is 5. The Kier molecular flexibility index (Phi) is 4.13. The van der Waals surface area contributed by atoms with Crippen LogP contribution in [0.1, 0.15) is 23.0 Å². The summed E-state index contributed by atoms with van der Waals surface area (Å²) in [5.74, 6) is -0.438. The smallest absolute Gasteiger partial charge is 0.276 e. The van der Waals surface area contributed by atoms with Crippen LogP contribution in [0.4, 0.5) is 10.3 Å². The van der Waals surface area contributed by atoms with Crippen molar-refractivity contribution in [3.63, 3.8) is 0 Å². The zero-order valence-electron chi connectivity index (χ0n) is 12.5. The summed E-state index contributed by atoms with van der Waals surface area (Å²) in [6, 6.07) is 7.87. The SMILES string of the molecule is CCn1nccc1C(=O)Nc1ncn(Cc2cccc(F)c2)n1. The Bertz CT molecular complexity index is 825. The molecule has 0 fully saturated rings. The minimum atomic E-state index is -0.326.